The molecule has 0 unspecified atom stereocenters. The number of ketones is 2. The number of allylic oxidation sites excluding steroid dienone is 2. The third-order valence-electron chi connectivity index (χ3n) is 9.66. The maximum atomic E-state index is 12.4. The minimum Gasteiger partial charge on any atom is -0.393 e. The molecule has 0 bridgehead atoms. The van der Waals surface area contributed by atoms with Crippen molar-refractivity contribution in [3.63, 3.8) is 0 Å². The lowest BCUT2D eigenvalue weighted by atomic mass is 9.49. The van der Waals surface area contributed by atoms with Crippen LogP contribution in [0.2, 0.25) is 0 Å². The lowest BCUT2D eigenvalue weighted by Gasteiger charge is -2.56. The second kappa shape index (κ2) is 4.68. The molecule has 0 aromatic rings. The van der Waals surface area contributed by atoms with Crippen LogP contribution in [0.3, 0.4) is 0 Å². The fourth-order valence-corrected chi connectivity index (χ4v) is 8.50. The van der Waals surface area contributed by atoms with E-state index in [2.05, 4.69) is 13.0 Å². The topological polar surface area (TPSA) is 94.8 Å². The number of aliphatic hydroxyl groups excluding tert-OH is 2. The highest BCUT2D eigenvalue weighted by Gasteiger charge is 2.83. The molecule has 142 valence electrons. The molecule has 4 saturated carbocycles. The van der Waals surface area contributed by atoms with Gasteiger partial charge in [0.25, 0.3) is 0 Å². The molecule has 5 heteroatoms. The van der Waals surface area contributed by atoms with Gasteiger partial charge in [0.05, 0.1) is 6.10 Å². The highest BCUT2D eigenvalue weighted by atomic mass is 16.3. The van der Waals surface area contributed by atoms with Crippen LogP contribution in [0.25, 0.3) is 0 Å². The summed E-state index contributed by atoms with van der Waals surface area (Å²) in [6, 6.07) is 0. The van der Waals surface area contributed by atoms with Gasteiger partial charge in [0, 0.05) is 16.7 Å². The number of Topliss-reactive ketones (excluding diaryl/α,β-unsaturated/α-hetero) is 1. The normalized spacial score (nSPS) is 59.4. The number of carbonyl (C=O) groups is 2. The predicted octanol–water partition coefficient (Wildman–Crippen LogP) is 1.25. The summed E-state index contributed by atoms with van der Waals surface area (Å²) in [5, 5.41) is 31.7. The van der Waals surface area contributed by atoms with Crippen LogP contribution in [0, 0.1) is 39.9 Å². The maximum absolute atomic E-state index is 12.4. The van der Waals surface area contributed by atoms with E-state index < -0.39 is 29.5 Å². The zero-order valence-electron chi connectivity index (χ0n) is 15.4. The van der Waals surface area contributed by atoms with E-state index >= 15 is 0 Å². The van der Waals surface area contributed by atoms with Crippen molar-refractivity contribution in [3.8, 4) is 0 Å². The standard InChI is InChI=1S/C21H28O5/c1-18-9-14(24)16-11(12(18)4-8-21(18,26)15(25)10-22)3-6-20-7-5-13(23)17(20)19(16,20)2/h5,7,11-12,14,16-17,22,24,26H,3-4,6,8-10H2,1-2H3/t11-,12-,14-,16+,17+,18-,19+,20+,21-/m0/s1. The first-order chi connectivity index (χ1) is 12.2. The molecule has 1 spiro atoms. The van der Waals surface area contributed by atoms with E-state index in [-0.39, 0.29) is 40.3 Å². The fourth-order valence-electron chi connectivity index (χ4n) is 8.50. The molecule has 0 radical (unpaired) electrons. The number of hydrogen-bond acceptors (Lipinski definition) is 5. The van der Waals surface area contributed by atoms with Crippen molar-refractivity contribution < 1.29 is 24.9 Å². The average Bonchev–Trinajstić information content (AvgIpc) is 2.79. The van der Waals surface area contributed by atoms with Gasteiger partial charge in [0.2, 0.25) is 0 Å². The minimum atomic E-state index is -1.55. The van der Waals surface area contributed by atoms with Gasteiger partial charge >= 0.3 is 0 Å². The van der Waals surface area contributed by atoms with Crippen LogP contribution < -0.4 is 0 Å². The zero-order valence-corrected chi connectivity index (χ0v) is 15.4. The number of aliphatic hydroxyl groups is 3. The molecule has 5 rings (SSSR count). The Morgan fingerprint density at radius 3 is 2.69 bits per heavy atom. The lowest BCUT2D eigenvalue weighted by molar-refractivity contribution is -0.180. The lowest BCUT2D eigenvalue weighted by Crippen LogP contribution is -2.60. The maximum Gasteiger partial charge on any atom is 0.190 e. The monoisotopic (exact) mass is 360 g/mol. The smallest absolute Gasteiger partial charge is 0.190 e. The second-order valence-electron chi connectivity index (χ2n) is 10.00. The minimum absolute atomic E-state index is 0.00312. The van der Waals surface area contributed by atoms with Crippen molar-refractivity contribution >= 4 is 11.6 Å². The van der Waals surface area contributed by atoms with Crippen LogP contribution in [-0.4, -0.2) is 45.2 Å². The van der Waals surface area contributed by atoms with Gasteiger partial charge in [-0.1, -0.05) is 19.9 Å². The first-order valence-electron chi connectivity index (χ1n) is 9.95. The third kappa shape index (κ3) is 1.50. The van der Waals surface area contributed by atoms with Gasteiger partial charge < -0.3 is 15.3 Å². The Bertz CT molecular complexity index is 745. The van der Waals surface area contributed by atoms with Gasteiger partial charge in [-0.15, -0.1) is 0 Å². The van der Waals surface area contributed by atoms with E-state index in [1.54, 1.807) is 6.08 Å². The summed E-state index contributed by atoms with van der Waals surface area (Å²) < 4.78 is 0. The van der Waals surface area contributed by atoms with Gasteiger partial charge in [-0.05, 0) is 61.3 Å². The molecule has 5 nitrogen and oxygen atoms in total. The molecule has 0 aliphatic heterocycles. The first-order valence-corrected chi connectivity index (χ1v) is 9.95. The van der Waals surface area contributed by atoms with Crippen molar-refractivity contribution in [2.75, 3.05) is 6.61 Å². The third-order valence-corrected chi connectivity index (χ3v) is 9.66. The molecule has 0 amide bonds. The van der Waals surface area contributed by atoms with E-state index in [1.165, 1.54) is 0 Å². The SMILES string of the molecule is C[C@]12[C@@H]3[C@@H](CC[C@]14C=CC(=O)[C@H]24)[C@@H]1CC[C@](O)(C(=O)CO)[C@@]1(C)C[C@@H]3O. The predicted molar refractivity (Wildman–Crippen MR) is 92.9 cm³/mol. The summed E-state index contributed by atoms with van der Waals surface area (Å²) in [4.78, 5) is 24.8. The van der Waals surface area contributed by atoms with Crippen molar-refractivity contribution in [3.05, 3.63) is 12.2 Å². The summed E-state index contributed by atoms with van der Waals surface area (Å²) >= 11 is 0. The van der Waals surface area contributed by atoms with Crippen molar-refractivity contribution in [2.24, 2.45) is 39.9 Å². The number of hydrogen-bond donors (Lipinski definition) is 3. The van der Waals surface area contributed by atoms with Gasteiger partial charge in [-0.2, -0.15) is 0 Å². The molecule has 0 heterocycles. The molecular formula is C21H28O5. The van der Waals surface area contributed by atoms with Crippen molar-refractivity contribution in [2.45, 2.75) is 57.7 Å². The van der Waals surface area contributed by atoms with Crippen LogP contribution >= 0.6 is 0 Å². The average molecular weight is 360 g/mol. The van der Waals surface area contributed by atoms with E-state index in [1.807, 2.05) is 6.92 Å². The van der Waals surface area contributed by atoms with Gasteiger partial charge in [-0.25, -0.2) is 0 Å². The van der Waals surface area contributed by atoms with Gasteiger partial charge in [0.15, 0.2) is 11.6 Å². The molecule has 5 aliphatic rings. The summed E-state index contributed by atoms with van der Waals surface area (Å²) in [5.41, 5.74) is -2.53. The molecule has 0 aromatic heterocycles. The molecule has 4 fully saturated rings. The Morgan fingerprint density at radius 2 is 2.00 bits per heavy atom. The van der Waals surface area contributed by atoms with Crippen LogP contribution in [0.1, 0.15) is 46.0 Å². The Kier molecular flexibility index (Phi) is 3.07. The van der Waals surface area contributed by atoms with E-state index in [4.69, 9.17) is 0 Å². The molecule has 3 N–H and O–H groups in total. The molecule has 9 atom stereocenters. The molecule has 26 heavy (non-hydrogen) atoms. The van der Waals surface area contributed by atoms with Crippen molar-refractivity contribution in [1.82, 2.24) is 0 Å². The first kappa shape index (κ1) is 17.1. The highest BCUT2D eigenvalue weighted by Crippen LogP contribution is 2.84. The van der Waals surface area contributed by atoms with E-state index in [0.717, 1.165) is 19.3 Å². The molecule has 0 saturated heterocycles. The number of fused-ring (bicyclic) bond motifs is 5. The van der Waals surface area contributed by atoms with Crippen LogP contribution in [-0.2, 0) is 9.59 Å². The summed E-state index contributed by atoms with van der Waals surface area (Å²) in [7, 11) is 0. The van der Waals surface area contributed by atoms with Gasteiger partial charge in [-0.3, -0.25) is 9.59 Å². The number of carbonyl (C=O) groups excluding carboxylic acids is 2. The molecular weight excluding hydrogens is 332 g/mol. The largest absolute Gasteiger partial charge is 0.393 e. The van der Waals surface area contributed by atoms with Crippen molar-refractivity contribution in [1.29, 1.82) is 0 Å². The quantitative estimate of drug-likeness (QED) is 0.689. The Balaban J connectivity index is 1.55. The Morgan fingerprint density at radius 1 is 1.27 bits per heavy atom. The van der Waals surface area contributed by atoms with Gasteiger partial charge in [0.1, 0.15) is 12.2 Å². The number of rotatable bonds is 2. The zero-order chi connectivity index (χ0) is 18.7. The van der Waals surface area contributed by atoms with E-state index in [0.29, 0.717) is 12.8 Å². The second-order valence-corrected chi connectivity index (χ2v) is 10.00. The van der Waals surface area contributed by atoms with Crippen LogP contribution in [0.4, 0.5) is 0 Å². The summed E-state index contributed by atoms with van der Waals surface area (Å²) in [6.45, 7) is 3.43. The fraction of sp³-hybridized carbons (Fsp3) is 0.810. The Hall–Kier alpha value is -1.04. The Labute approximate surface area is 153 Å². The molecule has 0 aromatic carbocycles. The summed E-state index contributed by atoms with van der Waals surface area (Å²) in [5.74, 6) is 0.0842. The van der Waals surface area contributed by atoms with Crippen LogP contribution in [0.15, 0.2) is 12.2 Å². The summed E-state index contributed by atoms with van der Waals surface area (Å²) in [6.07, 6.45) is 6.51. The highest BCUT2D eigenvalue weighted by molar-refractivity contribution is 6.00. The molecule has 5 aliphatic carbocycles. The van der Waals surface area contributed by atoms with E-state index in [9.17, 15) is 24.9 Å². The van der Waals surface area contributed by atoms with Crippen LogP contribution in [0.5, 0.6) is 0 Å².